The lowest BCUT2D eigenvalue weighted by molar-refractivity contribution is 1.28. The Morgan fingerprint density at radius 2 is 1.64 bits per heavy atom. The zero-order chi connectivity index (χ0) is 8.27. The summed E-state index contributed by atoms with van der Waals surface area (Å²) >= 11 is 5.62. The van der Waals surface area contributed by atoms with Gasteiger partial charge in [-0.25, -0.2) is 0 Å². The SMILES string of the molecule is N#Cc1cncc(C#N)c1Cl. The van der Waals surface area contributed by atoms with Gasteiger partial charge in [-0.2, -0.15) is 10.5 Å². The lowest BCUT2D eigenvalue weighted by Crippen LogP contribution is -1.84. The highest BCUT2D eigenvalue weighted by Crippen LogP contribution is 2.17. The zero-order valence-corrected chi connectivity index (χ0v) is 6.13. The van der Waals surface area contributed by atoms with Crippen LogP contribution in [0.25, 0.3) is 0 Å². The van der Waals surface area contributed by atoms with Crippen LogP contribution in [0.15, 0.2) is 12.4 Å². The minimum Gasteiger partial charge on any atom is -0.262 e. The number of pyridine rings is 1. The number of hydrogen-bond donors (Lipinski definition) is 0. The van der Waals surface area contributed by atoms with E-state index in [1.807, 2.05) is 12.1 Å². The Kier molecular flexibility index (Phi) is 2.06. The maximum atomic E-state index is 8.45. The predicted molar refractivity (Wildman–Crippen MR) is 38.7 cm³/mol. The van der Waals surface area contributed by atoms with Crippen LogP contribution >= 0.6 is 11.6 Å². The van der Waals surface area contributed by atoms with Crippen LogP contribution < -0.4 is 0 Å². The van der Waals surface area contributed by atoms with Gasteiger partial charge in [0.05, 0.1) is 16.1 Å². The molecule has 0 fully saturated rings. The van der Waals surface area contributed by atoms with E-state index in [1.165, 1.54) is 12.4 Å². The summed E-state index contributed by atoms with van der Waals surface area (Å²) in [6.45, 7) is 0. The van der Waals surface area contributed by atoms with Crippen molar-refractivity contribution in [3.05, 3.63) is 28.5 Å². The quantitative estimate of drug-likeness (QED) is 0.582. The molecule has 3 nitrogen and oxygen atoms in total. The molecule has 0 atom stereocenters. The Labute approximate surface area is 68.5 Å². The number of nitriles is 2. The van der Waals surface area contributed by atoms with Gasteiger partial charge in [-0.3, -0.25) is 4.98 Å². The number of rotatable bonds is 0. The summed E-state index contributed by atoms with van der Waals surface area (Å²) in [6.07, 6.45) is 2.65. The van der Waals surface area contributed by atoms with E-state index in [2.05, 4.69) is 4.98 Å². The molecule has 0 aromatic carbocycles. The normalized spacial score (nSPS) is 8.27. The predicted octanol–water partition coefficient (Wildman–Crippen LogP) is 1.48. The number of halogens is 1. The highest BCUT2D eigenvalue weighted by molar-refractivity contribution is 6.32. The van der Waals surface area contributed by atoms with Crippen molar-refractivity contribution < 1.29 is 0 Å². The lowest BCUT2D eigenvalue weighted by atomic mass is 10.2. The van der Waals surface area contributed by atoms with Crippen LogP contribution in [0.1, 0.15) is 11.1 Å². The molecule has 0 amide bonds. The molecule has 0 N–H and O–H groups in total. The molecule has 0 aliphatic carbocycles. The Balaban J connectivity index is 3.38. The zero-order valence-electron chi connectivity index (χ0n) is 5.37. The van der Waals surface area contributed by atoms with E-state index >= 15 is 0 Å². The molecule has 0 aliphatic rings. The Morgan fingerprint density at radius 1 is 1.18 bits per heavy atom. The summed E-state index contributed by atoms with van der Waals surface area (Å²) in [5.41, 5.74) is 0.455. The van der Waals surface area contributed by atoms with Gasteiger partial charge in [-0.15, -0.1) is 0 Å². The van der Waals surface area contributed by atoms with Gasteiger partial charge in [-0.1, -0.05) is 11.6 Å². The van der Waals surface area contributed by atoms with Crippen molar-refractivity contribution in [3.8, 4) is 12.1 Å². The van der Waals surface area contributed by atoms with Crippen LogP contribution in [-0.2, 0) is 0 Å². The van der Waals surface area contributed by atoms with E-state index in [0.717, 1.165) is 0 Å². The van der Waals surface area contributed by atoms with Crippen molar-refractivity contribution in [1.82, 2.24) is 4.98 Å². The summed E-state index contributed by atoms with van der Waals surface area (Å²) in [5, 5.41) is 17.1. The second-order valence-corrected chi connectivity index (χ2v) is 2.15. The first-order chi connectivity index (χ1) is 5.29. The first-order valence-electron chi connectivity index (χ1n) is 2.73. The number of nitrogens with zero attached hydrogens (tertiary/aromatic N) is 3. The van der Waals surface area contributed by atoms with Crippen LogP contribution in [0.4, 0.5) is 0 Å². The van der Waals surface area contributed by atoms with E-state index in [4.69, 9.17) is 22.1 Å². The number of hydrogen-bond acceptors (Lipinski definition) is 3. The summed E-state index contributed by atoms with van der Waals surface area (Å²) in [6, 6.07) is 3.65. The molecule has 1 heterocycles. The minimum atomic E-state index is 0.171. The Hall–Kier alpha value is -1.58. The smallest absolute Gasteiger partial charge is 0.102 e. The second kappa shape index (κ2) is 3.01. The second-order valence-electron chi connectivity index (χ2n) is 1.77. The summed E-state index contributed by atoms with van der Waals surface area (Å²) in [5.74, 6) is 0. The van der Waals surface area contributed by atoms with Crippen LogP contribution in [0, 0.1) is 22.7 Å². The molecule has 0 radical (unpaired) electrons. The van der Waals surface area contributed by atoms with Gasteiger partial charge in [0.25, 0.3) is 0 Å². The van der Waals surface area contributed by atoms with Crippen molar-refractivity contribution in [1.29, 1.82) is 10.5 Å². The fourth-order valence-electron chi connectivity index (χ4n) is 0.601. The topological polar surface area (TPSA) is 60.5 Å². The van der Waals surface area contributed by atoms with E-state index in [1.54, 1.807) is 0 Å². The molecule has 1 rings (SSSR count). The van der Waals surface area contributed by atoms with Gasteiger partial charge in [0.15, 0.2) is 0 Å². The van der Waals surface area contributed by atoms with Crippen molar-refractivity contribution in [3.63, 3.8) is 0 Å². The lowest BCUT2D eigenvalue weighted by Gasteiger charge is -1.93. The van der Waals surface area contributed by atoms with Crippen molar-refractivity contribution in [2.24, 2.45) is 0 Å². The van der Waals surface area contributed by atoms with Crippen LogP contribution in [0.2, 0.25) is 5.02 Å². The Morgan fingerprint density at radius 3 is 2.00 bits per heavy atom. The van der Waals surface area contributed by atoms with E-state index in [9.17, 15) is 0 Å². The maximum absolute atomic E-state index is 8.45. The highest BCUT2D eigenvalue weighted by Gasteiger charge is 2.04. The third-order valence-electron chi connectivity index (χ3n) is 1.12. The van der Waals surface area contributed by atoms with E-state index in [-0.39, 0.29) is 16.1 Å². The molecule has 0 aliphatic heterocycles. The van der Waals surface area contributed by atoms with E-state index in [0.29, 0.717) is 0 Å². The van der Waals surface area contributed by atoms with Gasteiger partial charge in [0.1, 0.15) is 12.1 Å². The van der Waals surface area contributed by atoms with Crippen LogP contribution in [0.3, 0.4) is 0 Å². The minimum absolute atomic E-state index is 0.171. The molecule has 1 aromatic rings. The fourth-order valence-corrected chi connectivity index (χ4v) is 0.783. The average molecular weight is 164 g/mol. The monoisotopic (exact) mass is 163 g/mol. The molecule has 0 bridgehead atoms. The molecule has 4 heteroatoms. The standard InChI is InChI=1S/C7H2ClN3/c8-7-5(1-9)3-11-4-6(7)2-10/h3-4H. The van der Waals surface area contributed by atoms with Crippen molar-refractivity contribution in [2.75, 3.05) is 0 Å². The fraction of sp³-hybridized carbons (Fsp3) is 0. The summed E-state index contributed by atoms with van der Waals surface area (Å²) in [4.78, 5) is 3.66. The molecular formula is C7H2ClN3. The molecular weight excluding hydrogens is 162 g/mol. The third kappa shape index (κ3) is 1.29. The van der Waals surface area contributed by atoms with Gasteiger partial charge in [-0.05, 0) is 0 Å². The molecule has 52 valence electrons. The van der Waals surface area contributed by atoms with Crippen molar-refractivity contribution >= 4 is 11.6 Å². The van der Waals surface area contributed by atoms with Gasteiger partial charge >= 0.3 is 0 Å². The highest BCUT2D eigenvalue weighted by atomic mass is 35.5. The molecule has 11 heavy (non-hydrogen) atoms. The molecule has 0 unspecified atom stereocenters. The largest absolute Gasteiger partial charge is 0.262 e. The van der Waals surface area contributed by atoms with Gasteiger partial charge in [0.2, 0.25) is 0 Å². The molecule has 0 spiro atoms. The first-order valence-corrected chi connectivity index (χ1v) is 3.11. The van der Waals surface area contributed by atoms with Crippen LogP contribution in [-0.4, -0.2) is 4.98 Å². The molecule has 0 saturated heterocycles. The Bertz CT molecular complexity index is 327. The van der Waals surface area contributed by atoms with Crippen LogP contribution in [0.5, 0.6) is 0 Å². The van der Waals surface area contributed by atoms with Gasteiger partial charge in [0, 0.05) is 12.4 Å². The van der Waals surface area contributed by atoms with Crippen molar-refractivity contribution in [2.45, 2.75) is 0 Å². The first kappa shape index (κ1) is 7.53. The molecule has 1 aromatic heterocycles. The molecule has 0 saturated carbocycles. The number of aromatic nitrogens is 1. The average Bonchev–Trinajstić information content (AvgIpc) is 2.05. The maximum Gasteiger partial charge on any atom is 0.102 e. The summed E-state index contributed by atoms with van der Waals surface area (Å²) < 4.78 is 0. The van der Waals surface area contributed by atoms with Gasteiger partial charge < -0.3 is 0 Å². The summed E-state index contributed by atoms with van der Waals surface area (Å²) in [7, 11) is 0. The third-order valence-corrected chi connectivity index (χ3v) is 1.53. The van der Waals surface area contributed by atoms with E-state index < -0.39 is 0 Å².